The number of anilines is 1. The Morgan fingerprint density at radius 3 is 2.56 bits per heavy atom. The van der Waals surface area contributed by atoms with Crippen molar-refractivity contribution in [3.63, 3.8) is 0 Å². The van der Waals surface area contributed by atoms with Crippen molar-refractivity contribution in [3.05, 3.63) is 54.0 Å². The molecule has 1 amide bonds. The van der Waals surface area contributed by atoms with Gasteiger partial charge in [-0.05, 0) is 50.2 Å². The van der Waals surface area contributed by atoms with Crippen LogP contribution in [0.2, 0.25) is 0 Å². The van der Waals surface area contributed by atoms with Crippen molar-refractivity contribution < 1.29 is 17.6 Å². The summed E-state index contributed by atoms with van der Waals surface area (Å²) < 4.78 is 31.1. The first kappa shape index (κ1) is 19.4. The molecule has 1 atom stereocenters. The first-order valence-electron chi connectivity index (χ1n) is 9.06. The van der Waals surface area contributed by atoms with E-state index in [4.69, 9.17) is 4.42 Å². The van der Waals surface area contributed by atoms with E-state index in [2.05, 4.69) is 14.9 Å². The van der Waals surface area contributed by atoms with Gasteiger partial charge in [0.05, 0.1) is 29.8 Å². The Labute approximate surface area is 159 Å². The highest BCUT2D eigenvalue weighted by molar-refractivity contribution is 7.92. The highest BCUT2D eigenvalue weighted by Gasteiger charge is 2.25. The van der Waals surface area contributed by atoms with E-state index >= 15 is 0 Å². The second-order valence-corrected chi connectivity index (χ2v) is 8.51. The van der Waals surface area contributed by atoms with Crippen molar-refractivity contribution in [2.45, 2.75) is 25.3 Å². The molecule has 2 aromatic rings. The summed E-state index contributed by atoms with van der Waals surface area (Å²) in [5, 5.41) is 2.94. The monoisotopic (exact) mass is 391 g/mol. The second kappa shape index (κ2) is 8.58. The van der Waals surface area contributed by atoms with Crippen molar-refractivity contribution in [1.29, 1.82) is 0 Å². The molecule has 27 heavy (non-hydrogen) atoms. The van der Waals surface area contributed by atoms with E-state index in [1.54, 1.807) is 30.5 Å². The summed E-state index contributed by atoms with van der Waals surface area (Å²) in [6.07, 6.45) is 6.18. The number of furan rings is 1. The summed E-state index contributed by atoms with van der Waals surface area (Å²) >= 11 is 0. The van der Waals surface area contributed by atoms with Crippen LogP contribution in [0.3, 0.4) is 0 Å². The zero-order valence-corrected chi connectivity index (χ0v) is 16.2. The molecule has 0 bridgehead atoms. The molecule has 146 valence electrons. The predicted octanol–water partition coefficient (Wildman–Crippen LogP) is 2.61. The fraction of sp³-hybridized carbons (Fsp3) is 0.421. The molecule has 1 aliphatic rings. The Kier molecular flexibility index (Phi) is 6.18. The molecule has 1 fully saturated rings. The fourth-order valence-corrected chi connectivity index (χ4v) is 3.95. The predicted molar refractivity (Wildman–Crippen MR) is 104 cm³/mol. The molecule has 1 aromatic heterocycles. The number of sulfonamides is 1. The van der Waals surface area contributed by atoms with E-state index in [1.165, 1.54) is 6.42 Å². The van der Waals surface area contributed by atoms with Crippen LogP contribution >= 0.6 is 0 Å². The molecule has 0 radical (unpaired) electrons. The van der Waals surface area contributed by atoms with Crippen molar-refractivity contribution >= 4 is 21.6 Å². The van der Waals surface area contributed by atoms with E-state index in [9.17, 15) is 13.2 Å². The number of amides is 1. The smallest absolute Gasteiger partial charge is 0.253 e. The molecule has 0 spiro atoms. The Morgan fingerprint density at radius 1 is 1.15 bits per heavy atom. The lowest BCUT2D eigenvalue weighted by molar-refractivity contribution is 0.0915. The SMILES string of the molecule is CS(=O)(=O)Nc1ccccc1C(=O)NCC(c1ccco1)N1CCCCC1. The van der Waals surface area contributed by atoms with Crippen LogP contribution in [0, 0.1) is 0 Å². The van der Waals surface area contributed by atoms with E-state index in [1.807, 2.05) is 12.1 Å². The highest BCUT2D eigenvalue weighted by atomic mass is 32.2. The van der Waals surface area contributed by atoms with Gasteiger partial charge in [-0.1, -0.05) is 18.6 Å². The molecule has 1 saturated heterocycles. The van der Waals surface area contributed by atoms with Crippen molar-refractivity contribution in [2.75, 3.05) is 30.6 Å². The number of carbonyl (C=O) groups is 1. The highest BCUT2D eigenvalue weighted by Crippen LogP contribution is 2.25. The van der Waals surface area contributed by atoms with Gasteiger partial charge in [0.25, 0.3) is 5.91 Å². The number of hydrogen-bond acceptors (Lipinski definition) is 5. The van der Waals surface area contributed by atoms with Crippen LogP contribution in [-0.4, -0.2) is 45.1 Å². The lowest BCUT2D eigenvalue weighted by Gasteiger charge is -2.33. The number of likely N-dealkylation sites (tertiary alicyclic amines) is 1. The summed E-state index contributed by atoms with van der Waals surface area (Å²) in [5.74, 6) is 0.495. The van der Waals surface area contributed by atoms with Gasteiger partial charge in [0.2, 0.25) is 10.0 Å². The van der Waals surface area contributed by atoms with Crippen LogP contribution in [0.15, 0.2) is 47.1 Å². The number of para-hydroxylation sites is 1. The number of hydrogen-bond donors (Lipinski definition) is 2. The maximum atomic E-state index is 12.7. The first-order valence-corrected chi connectivity index (χ1v) is 11.0. The fourth-order valence-electron chi connectivity index (χ4n) is 3.38. The third-order valence-electron chi connectivity index (χ3n) is 4.63. The van der Waals surface area contributed by atoms with Gasteiger partial charge in [-0.2, -0.15) is 0 Å². The molecule has 2 heterocycles. The Morgan fingerprint density at radius 2 is 1.89 bits per heavy atom. The normalized spacial score (nSPS) is 16.6. The van der Waals surface area contributed by atoms with Crippen LogP contribution in [0.25, 0.3) is 0 Å². The molecule has 7 nitrogen and oxygen atoms in total. The Balaban J connectivity index is 1.73. The third-order valence-corrected chi connectivity index (χ3v) is 5.22. The van der Waals surface area contributed by atoms with Gasteiger partial charge in [0.1, 0.15) is 5.76 Å². The van der Waals surface area contributed by atoms with Gasteiger partial charge in [-0.3, -0.25) is 14.4 Å². The number of rotatable bonds is 7. The summed E-state index contributed by atoms with van der Waals surface area (Å²) in [6, 6.07) is 10.3. The van der Waals surface area contributed by atoms with E-state index in [0.29, 0.717) is 12.1 Å². The number of nitrogens with one attached hydrogen (secondary N) is 2. The minimum absolute atomic E-state index is 0.0423. The summed E-state index contributed by atoms with van der Waals surface area (Å²) in [4.78, 5) is 15.0. The molecule has 0 saturated carbocycles. The Bertz CT molecular complexity index is 859. The molecule has 1 aromatic carbocycles. The average molecular weight is 391 g/mol. The standard InChI is InChI=1S/C19H25N3O4S/c1-27(24,25)21-16-9-4-3-8-15(16)19(23)20-14-17(18-10-7-13-26-18)22-11-5-2-6-12-22/h3-4,7-10,13,17,21H,2,5-6,11-12,14H2,1H3,(H,20,23). The van der Waals surface area contributed by atoms with Gasteiger partial charge in [0, 0.05) is 6.54 Å². The van der Waals surface area contributed by atoms with Crippen LogP contribution in [0.5, 0.6) is 0 Å². The van der Waals surface area contributed by atoms with Crippen LogP contribution in [-0.2, 0) is 10.0 Å². The van der Waals surface area contributed by atoms with Gasteiger partial charge in [-0.15, -0.1) is 0 Å². The first-order chi connectivity index (χ1) is 12.9. The molecule has 0 aliphatic carbocycles. The summed E-state index contributed by atoms with van der Waals surface area (Å²) in [7, 11) is -3.47. The maximum Gasteiger partial charge on any atom is 0.253 e. The van der Waals surface area contributed by atoms with Gasteiger partial charge in [0.15, 0.2) is 0 Å². The zero-order chi connectivity index (χ0) is 19.3. The topological polar surface area (TPSA) is 91.6 Å². The third kappa shape index (κ3) is 5.33. The molecular weight excluding hydrogens is 366 g/mol. The second-order valence-electron chi connectivity index (χ2n) is 6.76. The minimum Gasteiger partial charge on any atom is -0.468 e. The number of carbonyl (C=O) groups excluding carboxylic acids is 1. The maximum absolute atomic E-state index is 12.7. The summed E-state index contributed by atoms with van der Waals surface area (Å²) in [5.41, 5.74) is 0.560. The molecule has 3 rings (SSSR count). The van der Waals surface area contributed by atoms with Crippen molar-refractivity contribution in [1.82, 2.24) is 10.2 Å². The molecule has 2 N–H and O–H groups in total. The minimum atomic E-state index is -3.47. The van der Waals surface area contributed by atoms with E-state index in [0.717, 1.165) is 37.9 Å². The average Bonchev–Trinajstić information content (AvgIpc) is 3.16. The number of nitrogens with zero attached hydrogens (tertiary/aromatic N) is 1. The van der Waals surface area contributed by atoms with Crippen molar-refractivity contribution in [3.8, 4) is 0 Å². The van der Waals surface area contributed by atoms with Crippen molar-refractivity contribution in [2.24, 2.45) is 0 Å². The molecular formula is C19H25N3O4S. The van der Waals surface area contributed by atoms with Gasteiger partial charge >= 0.3 is 0 Å². The van der Waals surface area contributed by atoms with Crippen LogP contribution in [0.4, 0.5) is 5.69 Å². The quantitative estimate of drug-likeness (QED) is 0.757. The number of piperidine rings is 1. The molecule has 1 unspecified atom stereocenters. The van der Waals surface area contributed by atoms with E-state index in [-0.39, 0.29) is 17.6 Å². The Hall–Kier alpha value is -2.32. The van der Waals surface area contributed by atoms with Gasteiger partial charge in [-0.25, -0.2) is 8.42 Å². The van der Waals surface area contributed by atoms with E-state index < -0.39 is 10.0 Å². The zero-order valence-electron chi connectivity index (χ0n) is 15.3. The van der Waals surface area contributed by atoms with Gasteiger partial charge < -0.3 is 9.73 Å². The van der Waals surface area contributed by atoms with Crippen LogP contribution in [0.1, 0.15) is 41.4 Å². The summed E-state index contributed by atoms with van der Waals surface area (Å²) in [6.45, 7) is 2.32. The lowest BCUT2D eigenvalue weighted by Crippen LogP contribution is -2.40. The number of benzene rings is 1. The molecule has 1 aliphatic heterocycles. The largest absolute Gasteiger partial charge is 0.468 e. The molecule has 8 heteroatoms. The van der Waals surface area contributed by atoms with Crippen LogP contribution < -0.4 is 10.0 Å². The lowest BCUT2D eigenvalue weighted by atomic mass is 10.1.